The Kier molecular flexibility index (Phi) is 4.97. The minimum Gasteiger partial charge on any atom is -0.494 e. The summed E-state index contributed by atoms with van der Waals surface area (Å²) in [5.41, 5.74) is 6.92. The van der Waals surface area contributed by atoms with E-state index in [0.29, 0.717) is 13.0 Å². The van der Waals surface area contributed by atoms with Gasteiger partial charge in [-0.25, -0.2) is 0 Å². The van der Waals surface area contributed by atoms with Crippen molar-refractivity contribution in [3.05, 3.63) is 29.8 Å². The van der Waals surface area contributed by atoms with E-state index in [1.54, 1.807) is 19.0 Å². The standard InChI is InChI=1S/C13H20N2O2/c1-4-17-11-7-5-10(6-8-11)12(14)9-13(16)15(2)3/h5-8,12H,4,9,14H2,1-3H3. The van der Waals surface area contributed by atoms with Gasteiger partial charge in [0.25, 0.3) is 0 Å². The third kappa shape index (κ3) is 4.07. The number of hydrogen-bond donors (Lipinski definition) is 1. The third-order valence-corrected chi connectivity index (χ3v) is 2.51. The topological polar surface area (TPSA) is 55.6 Å². The van der Waals surface area contributed by atoms with Gasteiger partial charge in [0.05, 0.1) is 6.61 Å². The molecular formula is C13H20N2O2. The van der Waals surface area contributed by atoms with E-state index in [-0.39, 0.29) is 11.9 Å². The SMILES string of the molecule is CCOc1ccc(C(N)CC(=O)N(C)C)cc1. The van der Waals surface area contributed by atoms with Crippen molar-refractivity contribution in [1.82, 2.24) is 4.90 Å². The molecule has 1 rings (SSSR count). The fourth-order valence-corrected chi connectivity index (χ4v) is 1.47. The van der Waals surface area contributed by atoms with E-state index in [9.17, 15) is 4.79 Å². The summed E-state index contributed by atoms with van der Waals surface area (Å²) < 4.78 is 5.34. The third-order valence-electron chi connectivity index (χ3n) is 2.51. The summed E-state index contributed by atoms with van der Waals surface area (Å²) in [6, 6.07) is 7.29. The van der Waals surface area contributed by atoms with Crippen LogP contribution in [0.4, 0.5) is 0 Å². The van der Waals surface area contributed by atoms with Crippen molar-refractivity contribution in [3.8, 4) is 5.75 Å². The molecule has 1 amide bonds. The summed E-state index contributed by atoms with van der Waals surface area (Å²) in [6.07, 6.45) is 0.320. The predicted octanol–water partition coefficient (Wildman–Crippen LogP) is 1.56. The van der Waals surface area contributed by atoms with Crippen LogP contribution < -0.4 is 10.5 Å². The zero-order valence-electron chi connectivity index (χ0n) is 10.6. The monoisotopic (exact) mass is 236 g/mol. The Morgan fingerprint density at radius 2 is 1.94 bits per heavy atom. The van der Waals surface area contributed by atoms with E-state index in [4.69, 9.17) is 10.5 Å². The number of nitrogens with two attached hydrogens (primary N) is 1. The lowest BCUT2D eigenvalue weighted by Crippen LogP contribution is -2.26. The maximum absolute atomic E-state index is 11.5. The van der Waals surface area contributed by atoms with Crippen LogP contribution in [0, 0.1) is 0 Å². The molecule has 1 atom stereocenters. The number of benzene rings is 1. The fourth-order valence-electron chi connectivity index (χ4n) is 1.47. The van der Waals surface area contributed by atoms with E-state index in [1.807, 2.05) is 31.2 Å². The van der Waals surface area contributed by atoms with Gasteiger partial charge < -0.3 is 15.4 Å². The Hall–Kier alpha value is -1.55. The molecule has 0 radical (unpaired) electrons. The second-order valence-corrected chi connectivity index (χ2v) is 4.10. The molecule has 0 fully saturated rings. The molecule has 0 saturated carbocycles. The lowest BCUT2D eigenvalue weighted by Gasteiger charge is -2.15. The van der Waals surface area contributed by atoms with Gasteiger partial charge in [-0.2, -0.15) is 0 Å². The summed E-state index contributed by atoms with van der Waals surface area (Å²) in [7, 11) is 3.46. The molecule has 1 aromatic carbocycles. The van der Waals surface area contributed by atoms with Crippen molar-refractivity contribution in [2.45, 2.75) is 19.4 Å². The first-order valence-corrected chi connectivity index (χ1v) is 5.73. The molecule has 0 spiro atoms. The van der Waals surface area contributed by atoms with E-state index in [2.05, 4.69) is 0 Å². The Balaban J connectivity index is 2.63. The molecule has 0 heterocycles. The van der Waals surface area contributed by atoms with Crippen molar-refractivity contribution in [2.24, 2.45) is 5.73 Å². The summed E-state index contributed by atoms with van der Waals surface area (Å²) >= 11 is 0. The molecule has 0 aliphatic rings. The first kappa shape index (κ1) is 13.5. The zero-order chi connectivity index (χ0) is 12.8. The van der Waals surface area contributed by atoms with Gasteiger partial charge in [0, 0.05) is 26.6 Å². The molecule has 0 aromatic heterocycles. The zero-order valence-corrected chi connectivity index (χ0v) is 10.6. The van der Waals surface area contributed by atoms with Crippen molar-refractivity contribution in [2.75, 3.05) is 20.7 Å². The van der Waals surface area contributed by atoms with E-state index in [0.717, 1.165) is 11.3 Å². The summed E-state index contributed by atoms with van der Waals surface area (Å²) in [6.45, 7) is 2.58. The van der Waals surface area contributed by atoms with Crippen molar-refractivity contribution in [1.29, 1.82) is 0 Å². The minimum absolute atomic E-state index is 0.0337. The summed E-state index contributed by atoms with van der Waals surface area (Å²) in [5.74, 6) is 0.855. The van der Waals surface area contributed by atoms with E-state index >= 15 is 0 Å². The van der Waals surface area contributed by atoms with Gasteiger partial charge in [-0.15, -0.1) is 0 Å². The molecule has 0 aliphatic heterocycles. The highest BCUT2D eigenvalue weighted by atomic mass is 16.5. The number of rotatable bonds is 5. The normalized spacial score (nSPS) is 12.0. The highest BCUT2D eigenvalue weighted by molar-refractivity contribution is 5.76. The molecule has 0 saturated heterocycles. The van der Waals surface area contributed by atoms with Crippen molar-refractivity contribution in [3.63, 3.8) is 0 Å². The highest BCUT2D eigenvalue weighted by Gasteiger charge is 2.12. The number of nitrogens with zero attached hydrogens (tertiary/aromatic N) is 1. The van der Waals surface area contributed by atoms with Crippen LogP contribution in [0.3, 0.4) is 0 Å². The van der Waals surface area contributed by atoms with Gasteiger partial charge in [0.1, 0.15) is 5.75 Å². The first-order chi connectivity index (χ1) is 8.04. The molecule has 1 unspecified atom stereocenters. The van der Waals surface area contributed by atoms with Crippen LogP contribution in [0.5, 0.6) is 5.75 Å². The number of amides is 1. The lowest BCUT2D eigenvalue weighted by atomic mass is 10.0. The molecule has 4 nitrogen and oxygen atoms in total. The molecule has 2 N–H and O–H groups in total. The molecule has 0 aliphatic carbocycles. The van der Waals surface area contributed by atoms with E-state index in [1.165, 1.54) is 0 Å². The smallest absolute Gasteiger partial charge is 0.223 e. The van der Waals surface area contributed by atoms with Gasteiger partial charge in [-0.05, 0) is 24.6 Å². The minimum atomic E-state index is -0.263. The Bertz CT molecular complexity index is 360. The Morgan fingerprint density at radius 3 is 2.41 bits per heavy atom. The van der Waals surface area contributed by atoms with Crippen LogP contribution in [0.1, 0.15) is 24.9 Å². The predicted molar refractivity (Wildman–Crippen MR) is 67.9 cm³/mol. The van der Waals surface area contributed by atoms with Crippen molar-refractivity contribution >= 4 is 5.91 Å². The van der Waals surface area contributed by atoms with Crippen LogP contribution >= 0.6 is 0 Å². The molecule has 1 aromatic rings. The second-order valence-electron chi connectivity index (χ2n) is 4.10. The molecule has 94 valence electrons. The van der Waals surface area contributed by atoms with Crippen LogP contribution in [-0.4, -0.2) is 31.5 Å². The largest absolute Gasteiger partial charge is 0.494 e. The Morgan fingerprint density at radius 1 is 1.35 bits per heavy atom. The average molecular weight is 236 g/mol. The Labute approximate surface area is 102 Å². The molecule has 17 heavy (non-hydrogen) atoms. The number of carbonyl (C=O) groups excluding carboxylic acids is 1. The highest BCUT2D eigenvalue weighted by Crippen LogP contribution is 2.18. The van der Waals surface area contributed by atoms with Gasteiger partial charge in [0.15, 0.2) is 0 Å². The van der Waals surface area contributed by atoms with Crippen LogP contribution in [0.15, 0.2) is 24.3 Å². The second kappa shape index (κ2) is 6.25. The number of ether oxygens (including phenoxy) is 1. The molecule has 4 heteroatoms. The van der Waals surface area contributed by atoms with E-state index < -0.39 is 0 Å². The van der Waals surface area contributed by atoms with Gasteiger partial charge in [-0.3, -0.25) is 4.79 Å². The van der Waals surface area contributed by atoms with Crippen LogP contribution in [0.25, 0.3) is 0 Å². The van der Waals surface area contributed by atoms with Crippen molar-refractivity contribution < 1.29 is 9.53 Å². The fraction of sp³-hybridized carbons (Fsp3) is 0.462. The quantitative estimate of drug-likeness (QED) is 0.844. The van der Waals surface area contributed by atoms with Gasteiger partial charge in [-0.1, -0.05) is 12.1 Å². The van der Waals surface area contributed by atoms with Gasteiger partial charge >= 0.3 is 0 Å². The molecule has 0 bridgehead atoms. The van der Waals surface area contributed by atoms with Crippen LogP contribution in [-0.2, 0) is 4.79 Å². The molecular weight excluding hydrogens is 216 g/mol. The number of hydrogen-bond acceptors (Lipinski definition) is 3. The first-order valence-electron chi connectivity index (χ1n) is 5.73. The maximum atomic E-state index is 11.5. The number of carbonyl (C=O) groups is 1. The lowest BCUT2D eigenvalue weighted by molar-refractivity contribution is -0.129. The average Bonchev–Trinajstić information content (AvgIpc) is 2.30. The van der Waals surface area contributed by atoms with Gasteiger partial charge in [0.2, 0.25) is 5.91 Å². The maximum Gasteiger partial charge on any atom is 0.223 e. The summed E-state index contributed by atoms with van der Waals surface area (Å²) in [4.78, 5) is 13.1. The van der Waals surface area contributed by atoms with Crippen LogP contribution in [0.2, 0.25) is 0 Å². The summed E-state index contributed by atoms with van der Waals surface area (Å²) in [5, 5.41) is 0.